The highest BCUT2D eigenvalue weighted by molar-refractivity contribution is 7.19. The molecule has 0 saturated carbocycles. The SMILES string of the molecule is O=C1NC2(CCc3ccccc3C2)C(=O)N1Cc1sc2ccccc2c1Cl. The number of hydrogen-bond donors (Lipinski definition) is 1. The van der Waals surface area contributed by atoms with Crippen molar-refractivity contribution in [2.45, 2.75) is 31.3 Å². The summed E-state index contributed by atoms with van der Waals surface area (Å²) in [6.07, 6.45) is 1.97. The van der Waals surface area contributed by atoms with E-state index in [1.807, 2.05) is 42.5 Å². The zero-order valence-electron chi connectivity index (χ0n) is 14.5. The first-order valence-electron chi connectivity index (χ1n) is 8.94. The van der Waals surface area contributed by atoms with Gasteiger partial charge in [-0.1, -0.05) is 54.1 Å². The molecule has 136 valence electrons. The summed E-state index contributed by atoms with van der Waals surface area (Å²) in [7, 11) is 0. The van der Waals surface area contributed by atoms with E-state index in [-0.39, 0.29) is 18.5 Å². The quantitative estimate of drug-likeness (QED) is 0.647. The van der Waals surface area contributed by atoms with Gasteiger partial charge < -0.3 is 5.32 Å². The van der Waals surface area contributed by atoms with Gasteiger partial charge in [-0.15, -0.1) is 11.3 Å². The zero-order valence-corrected chi connectivity index (χ0v) is 16.1. The van der Waals surface area contributed by atoms with Gasteiger partial charge in [-0.25, -0.2) is 4.79 Å². The molecule has 1 atom stereocenters. The van der Waals surface area contributed by atoms with E-state index in [4.69, 9.17) is 11.6 Å². The van der Waals surface area contributed by atoms with E-state index < -0.39 is 5.54 Å². The molecule has 27 heavy (non-hydrogen) atoms. The smallest absolute Gasteiger partial charge is 0.323 e. The number of aryl methyl sites for hydroxylation is 1. The summed E-state index contributed by atoms with van der Waals surface area (Å²) >= 11 is 8.05. The Morgan fingerprint density at radius 1 is 1.07 bits per heavy atom. The molecule has 0 bridgehead atoms. The molecule has 1 aromatic heterocycles. The molecule has 2 aliphatic rings. The van der Waals surface area contributed by atoms with E-state index in [1.54, 1.807) is 0 Å². The molecule has 3 amide bonds. The number of rotatable bonds is 2. The van der Waals surface area contributed by atoms with Crippen LogP contribution in [0.15, 0.2) is 48.5 Å². The van der Waals surface area contributed by atoms with E-state index in [9.17, 15) is 9.59 Å². The van der Waals surface area contributed by atoms with Crippen molar-refractivity contribution >= 4 is 45.0 Å². The fraction of sp³-hybridized carbons (Fsp3) is 0.238. The molecule has 1 fully saturated rings. The predicted octanol–water partition coefficient (Wildman–Crippen LogP) is 4.53. The molecule has 5 rings (SSSR count). The minimum absolute atomic E-state index is 0.143. The Bertz CT molecular complexity index is 1090. The van der Waals surface area contributed by atoms with Crippen LogP contribution in [0.5, 0.6) is 0 Å². The third kappa shape index (κ3) is 2.57. The highest BCUT2D eigenvalue weighted by Crippen LogP contribution is 2.38. The van der Waals surface area contributed by atoms with Crippen LogP contribution in [0.4, 0.5) is 4.79 Å². The van der Waals surface area contributed by atoms with Gasteiger partial charge in [-0.3, -0.25) is 9.69 Å². The monoisotopic (exact) mass is 396 g/mol. The number of hydrogen-bond acceptors (Lipinski definition) is 3. The van der Waals surface area contributed by atoms with Crippen LogP contribution in [0.3, 0.4) is 0 Å². The number of nitrogens with one attached hydrogen (secondary N) is 1. The number of urea groups is 1. The summed E-state index contributed by atoms with van der Waals surface area (Å²) < 4.78 is 1.06. The molecule has 3 aromatic rings. The van der Waals surface area contributed by atoms with Gasteiger partial charge >= 0.3 is 6.03 Å². The number of fused-ring (bicyclic) bond motifs is 2. The van der Waals surface area contributed by atoms with Gasteiger partial charge in [0.25, 0.3) is 5.91 Å². The van der Waals surface area contributed by atoms with Crippen molar-refractivity contribution in [2.75, 3.05) is 0 Å². The predicted molar refractivity (Wildman–Crippen MR) is 107 cm³/mol. The summed E-state index contributed by atoms with van der Waals surface area (Å²) in [5, 5.41) is 4.58. The molecule has 1 spiro atoms. The molecule has 2 aromatic carbocycles. The lowest BCUT2D eigenvalue weighted by Crippen LogP contribution is -2.51. The van der Waals surface area contributed by atoms with E-state index in [0.29, 0.717) is 17.9 Å². The summed E-state index contributed by atoms with van der Waals surface area (Å²) in [5.74, 6) is -0.143. The van der Waals surface area contributed by atoms with Crippen molar-refractivity contribution in [3.63, 3.8) is 0 Å². The van der Waals surface area contributed by atoms with Gasteiger partial charge in [-0.05, 0) is 30.0 Å². The molecule has 1 aliphatic carbocycles. The van der Waals surface area contributed by atoms with Gasteiger partial charge in [0.1, 0.15) is 5.54 Å². The van der Waals surface area contributed by atoms with E-state index in [2.05, 4.69) is 11.4 Å². The van der Waals surface area contributed by atoms with Crippen LogP contribution in [-0.2, 0) is 24.2 Å². The number of thiophene rings is 1. The van der Waals surface area contributed by atoms with Crippen LogP contribution in [0.1, 0.15) is 22.4 Å². The van der Waals surface area contributed by atoms with E-state index in [1.165, 1.54) is 21.8 Å². The first-order chi connectivity index (χ1) is 13.1. The highest BCUT2D eigenvalue weighted by Gasteiger charge is 2.52. The first kappa shape index (κ1) is 16.8. The Hall–Kier alpha value is -2.37. The maximum Gasteiger partial charge on any atom is 0.325 e. The third-order valence-electron chi connectivity index (χ3n) is 5.58. The van der Waals surface area contributed by atoms with Crippen LogP contribution >= 0.6 is 22.9 Å². The van der Waals surface area contributed by atoms with Crippen molar-refractivity contribution in [1.82, 2.24) is 10.2 Å². The summed E-state index contributed by atoms with van der Waals surface area (Å²) in [4.78, 5) is 28.1. The molecule has 4 nitrogen and oxygen atoms in total. The molecule has 1 unspecified atom stereocenters. The van der Waals surface area contributed by atoms with Gasteiger partial charge in [0.05, 0.1) is 11.6 Å². The van der Waals surface area contributed by atoms with Gasteiger partial charge in [0, 0.05) is 21.4 Å². The van der Waals surface area contributed by atoms with Crippen LogP contribution < -0.4 is 5.32 Å². The van der Waals surface area contributed by atoms with E-state index >= 15 is 0 Å². The largest absolute Gasteiger partial charge is 0.325 e. The highest BCUT2D eigenvalue weighted by atomic mass is 35.5. The van der Waals surface area contributed by atoms with Crippen LogP contribution in [-0.4, -0.2) is 22.4 Å². The lowest BCUT2D eigenvalue weighted by atomic mass is 9.78. The van der Waals surface area contributed by atoms with Crippen LogP contribution in [0.2, 0.25) is 5.02 Å². The topological polar surface area (TPSA) is 49.4 Å². The molecule has 1 saturated heterocycles. The van der Waals surface area contributed by atoms with Crippen molar-refractivity contribution < 1.29 is 9.59 Å². The van der Waals surface area contributed by atoms with Crippen molar-refractivity contribution in [1.29, 1.82) is 0 Å². The van der Waals surface area contributed by atoms with Crippen LogP contribution in [0.25, 0.3) is 10.1 Å². The minimum Gasteiger partial charge on any atom is -0.323 e. The molecule has 1 N–H and O–H groups in total. The van der Waals surface area contributed by atoms with Gasteiger partial charge in [-0.2, -0.15) is 0 Å². The molecule has 2 heterocycles. The number of amides is 3. The lowest BCUT2D eigenvalue weighted by Gasteiger charge is -2.32. The molecular formula is C21H17ClN2O2S. The number of benzene rings is 2. The third-order valence-corrected chi connectivity index (χ3v) is 7.28. The first-order valence-corrected chi connectivity index (χ1v) is 10.1. The molecule has 1 aliphatic heterocycles. The fourth-order valence-electron chi connectivity index (χ4n) is 4.15. The van der Waals surface area contributed by atoms with Crippen molar-refractivity contribution in [3.8, 4) is 0 Å². The van der Waals surface area contributed by atoms with Crippen molar-refractivity contribution in [3.05, 3.63) is 69.6 Å². The average molecular weight is 397 g/mol. The normalized spacial score (nSPS) is 21.7. The fourth-order valence-corrected chi connectivity index (χ4v) is 5.64. The Morgan fingerprint density at radius 2 is 1.81 bits per heavy atom. The minimum atomic E-state index is -0.825. The maximum absolute atomic E-state index is 13.2. The number of imide groups is 1. The van der Waals surface area contributed by atoms with Crippen LogP contribution in [0, 0.1) is 0 Å². The maximum atomic E-state index is 13.2. The molecule has 6 heteroatoms. The van der Waals surface area contributed by atoms with E-state index in [0.717, 1.165) is 26.9 Å². The molecule has 0 radical (unpaired) electrons. The number of nitrogens with zero attached hydrogens (tertiary/aromatic N) is 1. The Balaban J connectivity index is 1.45. The second-order valence-electron chi connectivity index (χ2n) is 7.18. The number of carbonyl (C=O) groups excluding carboxylic acids is 2. The van der Waals surface area contributed by atoms with Crippen molar-refractivity contribution in [2.24, 2.45) is 0 Å². The number of carbonyl (C=O) groups is 2. The van der Waals surface area contributed by atoms with Gasteiger partial charge in [0.15, 0.2) is 0 Å². The molecular weight excluding hydrogens is 380 g/mol. The second kappa shape index (κ2) is 6.08. The summed E-state index contributed by atoms with van der Waals surface area (Å²) in [6, 6.07) is 15.7. The second-order valence-corrected chi connectivity index (χ2v) is 8.70. The Kier molecular flexibility index (Phi) is 3.78. The van der Waals surface area contributed by atoms with Gasteiger partial charge in [0.2, 0.25) is 0 Å². The lowest BCUT2D eigenvalue weighted by molar-refractivity contribution is -0.132. The average Bonchev–Trinajstić information content (AvgIpc) is 3.11. The Morgan fingerprint density at radius 3 is 2.63 bits per heavy atom. The summed E-state index contributed by atoms with van der Waals surface area (Å²) in [6.45, 7) is 0.215. The Labute approximate surface area is 165 Å². The standard InChI is InChI=1S/C21H17ClN2O2S/c22-18-15-7-3-4-8-16(15)27-17(18)12-24-19(25)21(23-20(24)26)10-9-13-5-1-2-6-14(13)11-21/h1-8H,9-12H2,(H,23,26). The summed E-state index contributed by atoms with van der Waals surface area (Å²) in [5.41, 5.74) is 1.57. The zero-order chi connectivity index (χ0) is 18.6. The number of halogens is 1.